The summed E-state index contributed by atoms with van der Waals surface area (Å²) in [7, 11) is -0.119. The molecule has 1 unspecified atom stereocenters. The number of aryl methyl sites for hydroxylation is 1. The molecule has 138 valence electrons. The molecular weight excluding hydrogens is 342 g/mol. The Bertz CT molecular complexity index is 827. The Morgan fingerprint density at radius 1 is 1.40 bits per heavy atom. The summed E-state index contributed by atoms with van der Waals surface area (Å²) in [6.07, 6.45) is 6.88. The summed E-state index contributed by atoms with van der Waals surface area (Å²) in [6, 6.07) is 0. The molecule has 8 nitrogen and oxygen atoms in total. The number of methoxy groups -OCH3 is 1. The van der Waals surface area contributed by atoms with Crippen LogP contribution in [0.2, 0.25) is 0 Å². The molecule has 0 aliphatic carbocycles. The van der Waals surface area contributed by atoms with Gasteiger partial charge in [-0.1, -0.05) is 0 Å². The van der Waals surface area contributed by atoms with E-state index >= 15 is 0 Å². The topological polar surface area (TPSA) is 82.2 Å². The minimum atomic E-state index is -3.54. The van der Waals surface area contributed by atoms with Crippen LogP contribution in [-0.2, 0) is 28.4 Å². The Labute approximate surface area is 148 Å². The van der Waals surface area contributed by atoms with Gasteiger partial charge in [0.25, 0.3) is 0 Å². The molecule has 1 aliphatic heterocycles. The predicted octanol–water partition coefficient (Wildman–Crippen LogP) is 1.14. The highest BCUT2D eigenvalue weighted by atomic mass is 32.2. The number of hydrogen-bond donors (Lipinski definition) is 0. The van der Waals surface area contributed by atoms with Gasteiger partial charge in [0.05, 0.1) is 18.5 Å². The summed E-state index contributed by atoms with van der Waals surface area (Å²) in [6.45, 7) is 4.08. The Kier molecular flexibility index (Phi) is 5.26. The number of nitrogens with zero attached hydrogens (tertiary/aromatic N) is 5. The Morgan fingerprint density at radius 2 is 2.20 bits per heavy atom. The van der Waals surface area contributed by atoms with Crippen molar-refractivity contribution in [1.82, 2.24) is 23.6 Å². The SMILES string of the molecule is COCCn1ccnc1C1CCCN(S(=O)(=O)c2cnn(C)c2C)C1. The molecule has 1 fully saturated rings. The smallest absolute Gasteiger partial charge is 0.246 e. The van der Waals surface area contributed by atoms with Crippen LogP contribution in [0, 0.1) is 6.92 Å². The summed E-state index contributed by atoms with van der Waals surface area (Å²) in [5.74, 6) is 1.02. The maximum absolute atomic E-state index is 13.0. The zero-order chi connectivity index (χ0) is 18.0. The van der Waals surface area contributed by atoms with E-state index in [-0.39, 0.29) is 5.92 Å². The van der Waals surface area contributed by atoms with Crippen molar-refractivity contribution in [3.05, 3.63) is 30.1 Å². The first kappa shape index (κ1) is 18.1. The second-order valence-corrected chi connectivity index (χ2v) is 8.30. The fourth-order valence-electron chi connectivity index (χ4n) is 3.30. The van der Waals surface area contributed by atoms with Gasteiger partial charge in [-0.2, -0.15) is 9.40 Å². The van der Waals surface area contributed by atoms with Crippen molar-refractivity contribution in [1.29, 1.82) is 0 Å². The van der Waals surface area contributed by atoms with Crippen LogP contribution in [0.4, 0.5) is 0 Å². The lowest BCUT2D eigenvalue weighted by atomic mass is 9.99. The fraction of sp³-hybridized carbons (Fsp3) is 0.625. The van der Waals surface area contributed by atoms with Crippen LogP contribution in [0.3, 0.4) is 0 Å². The van der Waals surface area contributed by atoms with Gasteiger partial charge in [0.15, 0.2) is 0 Å². The number of hydrogen-bond acceptors (Lipinski definition) is 5. The summed E-state index contributed by atoms with van der Waals surface area (Å²) in [4.78, 5) is 4.76. The summed E-state index contributed by atoms with van der Waals surface area (Å²) in [5.41, 5.74) is 0.656. The van der Waals surface area contributed by atoms with Crippen LogP contribution >= 0.6 is 0 Å². The molecule has 1 saturated heterocycles. The lowest BCUT2D eigenvalue weighted by molar-refractivity contribution is 0.184. The van der Waals surface area contributed by atoms with Gasteiger partial charge in [-0.05, 0) is 19.8 Å². The van der Waals surface area contributed by atoms with E-state index in [4.69, 9.17) is 4.74 Å². The van der Waals surface area contributed by atoms with Gasteiger partial charge in [0.2, 0.25) is 10.0 Å². The van der Waals surface area contributed by atoms with E-state index in [0.717, 1.165) is 25.2 Å². The summed E-state index contributed by atoms with van der Waals surface area (Å²) < 4.78 is 36.4. The van der Waals surface area contributed by atoms with E-state index in [9.17, 15) is 8.42 Å². The third kappa shape index (κ3) is 3.49. The van der Waals surface area contributed by atoms with Gasteiger partial charge in [0.1, 0.15) is 10.7 Å². The number of rotatable bonds is 6. The molecule has 1 atom stereocenters. The first-order chi connectivity index (χ1) is 11.9. The molecule has 3 rings (SSSR count). The zero-order valence-corrected chi connectivity index (χ0v) is 15.7. The number of ether oxygens (including phenoxy) is 1. The molecular formula is C16H25N5O3S. The van der Waals surface area contributed by atoms with E-state index in [2.05, 4.69) is 14.6 Å². The first-order valence-electron chi connectivity index (χ1n) is 8.44. The second-order valence-electron chi connectivity index (χ2n) is 6.39. The summed E-state index contributed by atoms with van der Waals surface area (Å²) >= 11 is 0. The van der Waals surface area contributed by atoms with Gasteiger partial charge >= 0.3 is 0 Å². The van der Waals surface area contributed by atoms with Crippen molar-refractivity contribution >= 4 is 10.0 Å². The Hall–Kier alpha value is -1.71. The van der Waals surface area contributed by atoms with E-state index < -0.39 is 10.0 Å². The average molecular weight is 367 g/mol. The molecule has 0 spiro atoms. The van der Waals surface area contributed by atoms with Gasteiger partial charge < -0.3 is 9.30 Å². The van der Waals surface area contributed by atoms with Crippen molar-refractivity contribution < 1.29 is 13.2 Å². The van der Waals surface area contributed by atoms with Crippen LogP contribution in [0.1, 0.15) is 30.3 Å². The van der Waals surface area contributed by atoms with Crippen LogP contribution in [0.25, 0.3) is 0 Å². The van der Waals surface area contributed by atoms with Crippen molar-refractivity contribution in [3.63, 3.8) is 0 Å². The van der Waals surface area contributed by atoms with Gasteiger partial charge in [-0.25, -0.2) is 13.4 Å². The Morgan fingerprint density at radius 3 is 2.88 bits per heavy atom. The molecule has 0 radical (unpaired) electrons. The minimum absolute atomic E-state index is 0.0901. The van der Waals surface area contributed by atoms with E-state index in [0.29, 0.717) is 30.3 Å². The average Bonchev–Trinajstić information content (AvgIpc) is 3.20. The molecule has 1 aliphatic rings. The van der Waals surface area contributed by atoms with Crippen molar-refractivity contribution in [2.45, 2.75) is 37.1 Å². The van der Waals surface area contributed by atoms with Crippen molar-refractivity contribution in [3.8, 4) is 0 Å². The largest absolute Gasteiger partial charge is 0.383 e. The standard InChI is InChI=1S/C16H25N5O3S/c1-13-15(11-18-19(13)2)25(22,23)21-7-4-5-14(12-21)16-17-6-8-20(16)9-10-24-3/h6,8,11,14H,4-5,7,9-10,12H2,1-3H3. The van der Waals surface area contributed by atoms with Crippen LogP contribution in [0.15, 0.2) is 23.5 Å². The highest BCUT2D eigenvalue weighted by Crippen LogP contribution is 2.30. The minimum Gasteiger partial charge on any atom is -0.383 e. The van der Waals surface area contributed by atoms with Crippen LogP contribution < -0.4 is 0 Å². The monoisotopic (exact) mass is 367 g/mol. The second kappa shape index (κ2) is 7.27. The lowest BCUT2D eigenvalue weighted by Gasteiger charge is -2.31. The number of piperidine rings is 1. The third-order valence-electron chi connectivity index (χ3n) is 4.84. The highest BCUT2D eigenvalue weighted by Gasteiger charge is 2.34. The normalized spacial score (nSPS) is 19.4. The first-order valence-corrected chi connectivity index (χ1v) is 9.88. The molecule has 25 heavy (non-hydrogen) atoms. The number of aromatic nitrogens is 4. The number of sulfonamides is 1. The molecule has 2 aromatic heterocycles. The van der Waals surface area contributed by atoms with Crippen LogP contribution in [0.5, 0.6) is 0 Å². The van der Waals surface area contributed by atoms with E-state index in [1.54, 1.807) is 36.3 Å². The van der Waals surface area contributed by atoms with Gasteiger partial charge in [-0.3, -0.25) is 4.68 Å². The van der Waals surface area contributed by atoms with Crippen LogP contribution in [-0.4, -0.2) is 58.9 Å². The quantitative estimate of drug-likeness (QED) is 0.765. The molecule has 0 amide bonds. The van der Waals surface area contributed by atoms with Gasteiger partial charge in [-0.15, -0.1) is 0 Å². The lowest BCUT2D eigenvalue weighted by Crippen LogP contribution is -2.40. The summed E-state index contributed by atoms with van der Waals surface area (Å²) in [5, 5.41) is 4.07. The maximum Gasteiger partial charge on any atom is 0.246 e. The highest BCUT2D eigenvalue weighted by molar-refractivity contribution is 7.89. The molecule has 9 heteroatoms. The zero-order valence-electron chi connectivity index (χ0n) is 14.9. The Balaban J connectivity index is 1.82. The van der Waals surface area contributed by atoms with Crippen molar-refractivity contribution in [2.75, 3.05) is 26.8 Å². The predicted molar refractivity (Wildman–Crippen MR) is 92.8 cm³/mol. The third-order valence-corrected chi connectivity index (χ3v) is 6.81. The maximum atomic E-state index is 13.0. The van der Waals surface area contributed by atoms with Crippen molar-refractivity contribution in [2.24, 2.45) is 7.05 Å². The van der Waals surface area contributed by atoms with E-state index in [1.807, 2.05) is 6.20 Å². The molecule has 0 bridgehead atoms. The molecule has 0 saturated carbocycles. The van der Waals surface area contributed by atoms with E-state index in [1.165, 1.54) is 6.20 Å². The number of imidazole rings is 1. The van der Waals surface area contributed by atoms with Gasteiger partial charge in [0, 0.05) is 52.1 Å². The molecule has 0 aromatic carbocycles. The molecule has 2 aromatic rings. The fourth-order valence-corrected chi connectivity index (χ4v) is 5.01. The molecule has 3 heterocycles. The molecule has 0 N–H and O–H groups in total.